The lowest BCUT2D eigenvalue weighted by Gasteiger charge is -2.12. The van der Waals surface area contributed by atoms with Crippen LogP contribution >= 0.6 is 39.7 Å². The van der Waals surface area contributed by atoms with Crippen molar-refractivity contribution in [1.82, 2.24) is 9.78 Å². The van der Waals surface area contributed by atoms with E-state index in [4.69, 9.17) is 23.8 Å². The molecule has 2 N–H and O–H groups in total. The molecule has 1 heterocycles. The van der Waals surface area contributed by atoms with E-state index in [-0.39, 0.29) is 0 Å². The molecule has 0 atom stereocenters. The van der Waals surface area contributed by atoms with Crippen molar-refractivity contribution in [3.8, 4) is 0 Å². The molecule has 128 valence electrons. The molecule has 0 unspecified atom stereocenters. The monoisotopic (exact) mass is 434 g/mol. The lowest BCUT2D eigenvalue weighted by Crippen LogP contribution is -2.19. The van der Waals surface area contributed by atoms with Crippen molar-refractivity contribution in [1.29, 1.82) is 0 Å². The number of nitrogens with zero attached hydrogens (tertiary/aromatic N) is 2. The smallest absolute Gasteiger partial charge is 0.175 e. The van der Waals surface area contributed by atoms with Crippen LogP contribution in [-0.4, -0.2) is 14.9 Å². The van der Waals surface area contributed by atoms with Gasteiger partial charge in [-0.3, -0.25) is 4.68 Å². The number of anilines is 2. The molecule has 4 nitrogen and oxygen atoms in total. The van der Waals surface area contributed by atoms with Crippen LogP contribution in [0.25, 0.3) is 0 Å². The van der Waals surface area contributed by atoms with Crippen molar-refractivity contribution in [3.63, 3.8) is 0 Å². The Morgan fingerprint density at radius 1 is 1.20 bits per heavy atom. The van der Waals surface area contributed by atoms with Crippen LogP contribution in [-0.2, 0) is 6.54 Å². The highest BCUT2D eigenvalue weighted by Crippen LogP contribution is 2.23. The van der Waals surface area contributed by atoms with Gasteiger partial charge in [0.25, 0.3) is 0 Å². The molecule has 0 aliphatic heterocycles. The molecule has 0 bridgehead atoms. The van der Waals surface area contributed by atoms with E-state index < -0.39 is 0 Å². The first kappa shape index (κ1) is 17.9. The molecule has 0 fully saturated rings. The van der Waals surface area contributed by atoms with E-state index in [9.17, 15) is 0 Å². The van der Waals surface area contributed by atoms with Crippen molar-refractivity contribution < 1.29 is 0 Å². The molecule has 0 saturated carbocycles. The zero-order chi connectivity index (χ0) is 17.8. The Kier molecular flexibility index (Phi) is 5.73. The lowest BCUT2D eigenvalue weighted by molar-refractivity contribution is 0.687. The van der Waals surface area contributed by atoms with Crippen LogP contribution in [0.5, 0.6) is 0 Å². The van der Waals surface area contributed by atoms with Gasteiger partial charge in [0, 0.05) is 21.4 Å². The standard InChI is InChI=1S/C18H16BrClN4S/c1-12-16(20)3-2-4-17(12)23-18(25)22-15-9-21-24(11-15)10-13-5-7-14(19)8-6-13/h2-9,11H,10H2,1H3,(H2,22,23,25). The number of benzene rings is 2. The van der Waals surface area contributed by atoms with Gasteiger partial charge in [-0.05, 0) is 54.5 Å². The second-order valence-corrected chi connectivity index (χ2v) is 7.28. The van der Waals surface area contributed by atoms with Crippen molar-refractivity contribution in [2.75, 3.05) is 10.6 Å². The number of rotatable bonds is 4. The summed E-state index contributed by atoms with van der Waals surface area (Å²) in [6.07, 6.45) is 3.67. The van der Waals surface area contributed by atoms with Gasteiger partial charge in [0.2, 0.25) is 0 Å². The van der Waals surface area contributed by atoms with E-state index in [1.165, 1.54) is 5.56 Å². The maximum Gasteiger partial charge on any atom is 0.175 e. The summed E-state index contributed by atoms with van der Waals surface area (Å²) in [6, 6.07) is 13.8. The number of thiocarbonyl (C=S) groups is 1. The van der Waals surface area contributed by atoms with E-state index in [2.05, 4.69) is 43.8 Å². The molecular weight excluding hydrogens is 420 g/mol. The predicted octanol–water partition coefficient (Wildman–Crippen LogP) is 5.46. The molecule has 0 amide bonds. The number of halogens is 2. The number of nitrogens with one attached hydrogen (secondary N) is 2. The molecule has 0 saturated heterocycles. The fraction of sp³-hybridized carbons (Fsp3) is 0.111. The van der Waals surface area contributed by atoms with Gasteiger partial charge in [0.05, 0.1) is 18.4 Å². The van der Waals surface area contributed by atoms with Crippen molar-refractivity contribution >= 4 is 56.2 Å². The van der Waals surface area contributed by atoms with Crippen molar-refractivity contribution in [3.05, 3.63) is 75.5 Å². The van der Waals surface area contributed by atoms with Gasteiger partial charge in [-0.25, -0.2) is 0 Å². The molecule has 7 heteroatoms. The summed E-state index contributed by atoms with van der Waals surface area (Å²) in [5.41, 5.74) is 3.84. The quantitative estimate of drug-likeness (QED) is 0.534. The van der Waals surface area contributed by atoms with Gasteiger partial charge < -0.3 is 10.6 Å². The third kappa shape index (κ3) is 4.81. The normalized spacial score (nSPS) is 10.5. The Balaban J connectivity index is 1.61. The summed E-state index contributed by atoms with van der Waals surface area (Å²) in [6.45, 7) is 2.64. The number of aromatic nitrogens is 2. The first-order valence-corrected chi connectivity index (χ1v) is 9.19. The molecule has 3 aromatic rings. The topological polar surface area (TPSA) is 41.9 Å². The maximum absolute atomic E-state index is 6.13. The Labute approximate surface area is 165 Å². The molecule has 25 heavy (non-hydrogen) atoms. The second-order valence-electron chi connectivity index (χ2n) is 5.54. The Morgan fingerprint density at radius 2 is 1.96 bits per heavy atom. The largest absolute Gasteiger partial charge is 0.332 e. The number of hydrogen-bond acceptors (Lipinski definition) is 2. The fourth-order valence-corrected chi connectivity index (χ4v) is 2.99. The van der Waals surface area contributed by atoms with Crippen LogP contribution in [0.3, 0.4) is 0 Å². The molecule has 2 aromatic carbocycles. The van der Waals surface area contributed by atoms with Crippen LogP contribution in [0.15, 0.2) is 59.3 Å². The highest BCUT2D eigenvalue weighted by molar-refractivity contribution is 9.10. The molecule has 0 radical (unpaired) electrons. The highest BCUT2D eigenvalue weighted by atomic mass is 79.9. The first-order chi connectivity index (χ1) is 12.0. The van der Waals surface area contributed by atoms with Crippen LogP contribution < -0.4 is 10.6 Å². The van der Waals surface area contributed by atoms with Gasteiger partial charge in [-0.15, -0.1) is 0 Å². The minimum Gasteiger partial charge on any atom is -0.332 e. The third-order valence-corrected chi connectivity index (χ3v) is 4.81. The van der Waals surface area contributed by atoms with Gasteiger partial charge in [-0.1, -0.05) is 45.7 Å². The van der Waals surface area contributed by atoms with E-state index in [1.807, 2.05) is 48.1 Å². The van der Waals surface area contributed by atoms with Gasteiger partial charge in [0.1, 0.15) is 0 Å². The zero-order valence-corrected chi connectivity index (χ0v) is 16.6. The van der Waals surface area contributed by atoms with E-state index in [0.717, 1.165) is 21.4 Å². The van der Waals surface area contributed by atoms with E-state index in [1.54, 1.807) is 6.20 Å². The average Bonchev–Trinajstić information content (AvgIpc) is 3.01. The van der Waals surface area contributed by atoms with E-state index in [0.29, 0.717) is 16.7 Å². The van der Waals surface area contributed by atoms with Crippen LogP contribution in [0.2, 0.25) is 5.02 Å². The Bertz CT molecular complexity index is 892. The van der Waals surface area contributed by atoms with Crippen molar-refractivity contribution in [2.24, 2.45) is 0 Å². The summed E-state index contributed by atoms with van der Waals surface area (Å²) in [5.74, 6) is 0. The van der Waals surface area contributed by atoms with Crippen LogP contribution in [0, 0.1) is 6.92 Å². The summed E-state index contributed by atoms with van der Waals surface area (Å²) < 4.78 is 2.92. The first-order valence-electron chi connectivity index (χ1n) is 7.61. The van der Waals surface area contributed by atoms with E-state index >= 15 is 0 Å². The summed E-state index contributed by atoms with van der Waals surface area (Å²) >= 11 is 14.9. The summed E-state index contributed by atoms with van der Waals surface area (Å²) in [5, 5.41) is 11.9. The maximum atomic E-state index is 6.13. The van der Waals surface area contributed by atoms with Gasteiger partial charge in [-0.2, -0.15) is 5.10 Å². The minimum absolute atomic E-state index is 0.494. The lowest BCUT2D eigenvalue weighted by atomic mass is 10.2. The Hall–Kier alpha value is -1.89. The molecule has 1 aromatic heterocycles. The summed E-state index contributed by atoms with van der Waals surface area (Å²) in [4.78, 5) is 0. The van der Waals surface area contributed by atoms with Gasteiger partial charge >= 0.3 is 0 Å². The minimum atomic E-state index is 0.494. The second kappa shape index (κ2) is 7.99. The molecule has 0 aliphatic carbocycles. The zero-order valence-electron chi connectivity index (χ0n) is 13.5. The number of hydrogen-bond donors (Lipinski definition) is 2. The molecular formula is C18H16BrClN4S. The third-order valence-electron chi connectivity index (χ3n) is 3.66. The highest BCUT2D eigenvalue weighted by Gasteiger charge is 2.06. The van der Waals surface area contributed by atoms with Crippen molar-refractivity contribution in [2.45, 2.75) is 13.5 Å². The van der Waals surface area contributed by atoms with Crippen LogP contribution in [0.1, 0.15) is 11.1 Å². The van der Waals surface area contributed by atoms with Crippen LogP contribution in [0.4, 0.5) is 11.4 Å². The SMILES string of the molecule is Cc1c(Cl)cccc1NC(=S)Nc1cnn(Cc2ccc(Br)cc2)c1. The van der Waals surface area contributed by atoms with Gasteiger partial charge in [0.15, 0.2) is 5.11 Å². The molecule has 0 spiro atoms. The summed E-state index contributed by atoms with van der Waals surface area (Å²) in [7, 11) is 0. The predicted molar refractivity (Wildman–Crippen MR) is 112 cm³/mol. The average molecular weight is 436 g/mol. The molecule has 0 aliphatic rings. The Morgan fingerprint density at radius 3 is 2.72 bits per heavy atom. The molecule has 3 rings (SSSR count). The fourth-order valence-electron chi connectivity index (χ4n) is 2.32.